The van der Waals surface area contributed by atoms with Gasteiger partial charge < -0.3 is 5.32 Å². The first-order valence-electron chi connectivity index (χ1n) is 8.28. The number of benzene rings is 2. The van der Waals surface area contributed by atoms with E-state index in [1.165, 1.54) is 11.1 Å². The molecule has 1 aliphatic carbocycles. The molecular weight excluding hydrogens is 273 g/mol. The lowest BCUT2D eigenvalue weighted by Crippen LogP contribution is -2.47. The Labute approximate surface area is 131 Å². The van der Waals surface area contributed by atoms with Gasteiger partial charge in [0, 0.05) is 17.9 Å². The molecule has 0 spiro atoms. The molecule has 0 aromatic heterocycles. The molecule has 1 saturated heterocycles. The molecule has 1 nitrogen and oxygen atoms in total. The maximum Gasteiger partial charge on any atom is 0.105 e. The zero-order chi connectivity index (χ0) is 15.0. The third-order valence-electron chi connectivity index (χ3n) is 5.75. The van der Waals surface area contributed by atoms with Crippen molar-refractivity contribution in [2.75, 3.05) is 13.1 Å². The largest absolute Gasteiger partial charge is 0.316 e. The van der Waals surface area contributed by atoms with Crippen LogP contribution in [0.1, 0.15) is 24.0 Å². The van der Waals surface area contributed by atoms with Crippen LogP contribution in [0.5, 0.6) is 0 Å². The highest BCUT2D eigenvalue weighted by molar-refractivity contribution is 5.42. The second-order valence-electron chi connectivity index (χ2n) is 6.69. The van der Waals surface area contributed by atoms with Crippen LogP contribution in [0.15, 0.2) is 60.7 Å². The first kappa shape index (κ1) is 14.0. The van der Waals surface area contributed by atoms with E-state index in [4.69, 9.17) is 0 Å². The van der Waals surface area contributed by atoms with Crippen molar-refractivity contribution in [2.24, 2.45) is 11.8 Å². The predicted octanol–water partition coefficient (Wildman–Crippen LogP) is 3.94. The fraction of sp³-hybridized carbons (Fsp3) is 0.400. The Hall–Kier alpha value is -1.67. The highest BCUT2D eigenvalue weighted by Crippen LogP contribution is 2.52. The first-order valence-corrected chi connectivity index (χ1v) is 8.28. The summed E-state index contributed by atoms with van der Waals surface area (Å²) < 4.78 is 14.5. The van der Waals surface area contributed by atoms with Crippen molar-refractivity contribution in [1.29, 1.82) is 0 Å². The molecule has 114 valence electrons. The lowest BCUT2D eigenvalue weighted by atomic mass is 9.56. The molecule has 22 heavy (non-hydrogen) atoms. The van der Waals surface area contributed by atoms with Gasteiger partial charge in [-0.1, -0.05) is 60.7 Å². The minimum Gasteiger partial charge on any atom is -0.316 e. The van der Waals surface area contributed by atoms with Gasteiger partial charge in [-0.05, 0) is 36.4 Å². The van der Waals surface area contributed by atoms with Crippen molar-refractivity contribution in [3.05, 3.63) is 71.8 Å². The van der Waals surface area contributed by atoms with Crippen LogP contribution in [-0.4, -0.2) is 19.3 Å². The van der Waals surface area contributed by atoms with Gasteiger partial charge in [0.1, 0.15) is 6.17 Å². The van der Waals surface area contributed by atoms with Crippen molar-refractivity contribution in [2.45, 2.75) is 24.4 Å². The van der Waals surface area contributed by atoms with Crippen LogP contribution in [0.25, 0.3) is 0 Å². The molecule has 2 heteroatoms. The molecule has 4 rings (SSSR count). The van der Waals surface area contributed by atoms with Crippen LogP contribution in [0.2, 0.25) is 0 Å². The monoisotopic (exact) mass is 295 g/mol. The van der Waals surface area contributed by atoms with E-state index in [1.54, 1.807) is 0 Å². The van der Waals surface area contributed by atoms with Crippen LogP contribution in [-0.2, 0) is 5.41 Å². The minimum atomic E-state index is -0.666. The lowest BCUT2D eigenvalue weighted by molar-refractivity contribution is 0.0883. The number of fused-ring (bicyclic) bond motifs is 1. The van der Waals surface area contributed by atoms with E-state index in [2.05, 4.69) is 66.0 Å². The van der Waals surface area contributed by atoms with E-state index >= 15 is 0 Å². The van der Waals surface area contributed by atoms with Crippen LogP contribution in [0.3, 0.4) is 0 Å². The summed E-state index contributed by atoms with van der Waals surface area (Å²) in [5.74, 6) is 0.468. The summed E-state index contributed by atoms with van der Waals surface area (Å²) in [5.41, 5.74) is 2.62. The molecule has 1 saturated carbocycles. The Kier molecular flexibility index (Phi) is 3.50. The highest BCUT2D eigenvalue weighted by Gasteiger charge is 2.52. The molecule has 0 bridgehead atoms. The van der Waals surface area contributed by atoms with Gasteiger partial charge in [0.05, 0.1) is 0 Å². The Morgan fingerprint density at radius 3 is 2.05 bits per heavy atom. The summed E-state index contributed by atoms with van der Waals surface area (Å²) in [6, 6.07) is 21.5. The maximum absolute atomic E-state index is 14.5. The summed E-state index contributed by atoms with van der Waals surface area (Å²) in [7, 11) is 0. The predicted molar refractivity (Wildman–Crippen MR) is 87.6 cm³/mol. The Bertz CT molecular complexity index is 585. The number of hydrogen-bond donors (Lipinski definition) is 1. The van der Waals surface area contributed by atoms with E-state index in [0.717, 1.165) is 19.5 Å². The summed E-state index contributed by atoms with van der Waals surface area (Å²) in [6.07, 6.45) is 0.887. The topological polar surface area (TPSA) is 12.0 Å². The average Bonchev–Trinajstić information content (AvgIpc) is 3.08. The second-order valence-corrected chi connectivity index (χ2v) is 6.69. The molecule has 2 fully saturated rings. The first-order chi connectivity index (χ1) is 10.8. The van der Waals surface area contributed by atoms with Crippen molar-refractivity contribution >= 4 is 0 Å². The average molecular weight is 295 g/mol. The van der Waals surface area contributed by atoms with Crippen molar-refractivity contribution < 1.29 is 4.39 Å². The summed E-state index contributed by atoms with van der Waals surface area (Å²) in [4.78, 5) is 0. The molecule has 2 aromatic rings. The van der Waals surface area contributed by atoms with Crippen LogP contribution in [0.4, 0.5) is 4.39 Å². The standard InChI is InChI=1S/C20H22FN/c21-19-11-12-20(15-7-3-1-4-8-15,16-9-5-2-6-10-16)18-14-22-13-17(18)19/h1-10,17-19,22H,11-14H2. The minimum absolute atomic E-state index is 0.0563. The van der Waals surface area contributed by atoms with Gasteiger partial charge in [0.25, 0.3) is 0 Å². The SMILES string of the molecule is FC1CCC(c2ccccc2)(c2ccccc2)C2CNCC12. The van der Waals surface area contributed by atoms with Gasteiger partial charge >= 0.3 is 0 Å². The van der Waals surface area contributed by atoms with Gasteiger partial charge in [-0.2, -0.15) is 0 Å². The van der Waals surface area contributed by atoms with Crippen molar-refractivity contribution in [1.82, 2.24) is 5.32 Å². The van der Waals surface area contributed by atoms with E-state index in [0.29, 0.717) is 12.3 Å². The summed E-state index contributed by atoms with van der Waals surface area (Å²) in [5, 5.41) is 3.45. The summed E-state index contributed by atoms with van der Waals surface area (Å²) in [6.45, 7) is 1.72. The molecule has 2 aromatic carbocycles. The third kappa shape index (κ3) is 2.01. The fourth-order valence-corrected chi connectivity index (χ4v) is 4.74. The number of halogens is 1. The molecule has 0 radical (unpaired) electrons. The smallest absolute Gasteiger partial charge is 0.105 e. The van der Waals surface area contributed by atoms with Crippen LogP contribution >= 0.6 is 0 Å². The molecule has 0 amide bonds. The van der Waals surface area contributed by atoms with Gasteiger partial charge in [-0.25, -0.2) is 4.39 Å². The number of hydrogen-bond acceptors (Lipinski definition) is 1. The van der Waals surface area contributed by atoms with E-state index in [-0.39, 0.29) is 11.3 Å². The second kappa shape index (κ2) is 5.51. The summed E-state index contributed by atoms with van der Waals surface area (Å²) >= 11 is 0. The quantitative estimate of drug-likeness (QED) is 0.885. The van der Waals surface area contributed by atoms with Gasteiger partial charge in [-0.3, -0.25) is 0 Å². The van der Waals surface area contributed by atoms with E-state index < -0.39 is 6.17 Å². The Morgan fingerprint density at radius 2 is 1.45 bits per heavy atom. The molecule has 1 N–H and O–H groups in total. The Balaban J connectivity index is 1.90. The molecule has 1 aliphatic heterocycles. The molecule has 3 atom stereocenters. The normalized spacial score (nSPS) is 30.0. The zero-order valence-electron chi connectivity index (χ0n) is 12.7. The Morgan fingerprint density at radius 1 is 0.864 bits per heavy atom. The fourth-order valence-electron chi connectivity index (χ4n) is 4.74. The number of alkyl halides is 1. The van der Waals surface area contributed by atoms with Gasteiger partial charge in [-0.15, -0.1) is 0 Å². The highest BCUT2D eigenvalue weighted by atomic mass is 19.1. The van der Waals surface area contributed by atoms with E-state index in [1.807, 2.05) is 0 Å². The lowest BCUT2D eigenvalue weighted by Gasteiger charge is -2.47. The van der Waals surface area contributed by atoms with Crippen LogP contribution < -0.4 is 5.32 Å². The number of nitrogens with one attached hydrogen (secondary N) is 1. The molecule has 1 heterocycles. The van der Waals surface area contributed by atoms with Crippen molar-refractivity contribution in [3.8, 4) is 0 Å². The van der Waals surface area contributed by atoms with Gasteiger partial charge in [0.15, 0.2) is 0 Å². The van der Waals surface area contributed by atoms with Crippen LogP contribution in [0, 0.1) is 11.8 Å². The molecule has 2 aliphatic rings. The molecule has 3 unspecified atom stereocenters. The number of rotatable bonds is 2. The van der Waals surface area contributed by atoms with E-state index in [9.17, 15) is 4.39 Å². The van der Waals surface area contributed by atoms with Gasteiger partial charge in [0.2, 0.25) is 0 Å². The zero-order valence-corrected chi connectivity index (χ0v) is 12.7. The maximum atomic E-state index is 14.5. The van der Waals surface area contributed by atoms with Crippen molar-refractivity contribution in [3.63, 3.8) is 0 Å². The molecular formula is C20H22FN. The third-order valence-corrected chi connectivity index (χ3v) is 5.75.